The summed E-state index contributed by atoms with van der Waals surface area (Å²) < 4.78 is 5.23. The maximum absolute atomic E-state index is 11.3. The van der Waals surface area contributed by atoms with Crippen molar-refractivity contribution >= 4 is 5.97 Å². The highest BCUT2D eigenvalue weighted by Crippen LogP contribution is 2.34. The first-order chi connectivity index (χ1) is 6.81. The highest BCUT2D eigenvalue weighted by molar-refractivity contribution is 5.77. The summed E-state index contributed by atoms with van der Waals surface area (Å²) in [6.07, 6.45) is 8.07. The Bertz CT molecular complexity index is 310. The van der Waals surface area contributed by atoms with Crippen molar-refractivity contribution in [1.82, 2.24) is 0 Å². The van der Waals surface area contributed by atoms with Crippen LogP contribution in [0.1, 0.15) is 45.4 Å². The van der Waals surface area contributed by atoms with Crippen molar-refractivity contribution in [3.05, 3.63) is 23.0 Å². The molecule has 14 heavy (non-hydrogen) atoms. The summed E-state index contributed by atoms with van der Waals surface area (Å²) in [6.45, 7) is 2.15. The summed E-state index contributed by atoms with van der Waals surface area (Å²) in [4.78, 5) is 11.3. The van der Waals surface area contributed by atoms with E-state index in [0.29, 0.717) is 6.42 Å². The van der Waals surface area contributed by atoms with Gasteiger partial charge in [0.2, 0.25) is 0 Å². The topological polar surface area (TPSA) is 26.3 Å². The maximum Gasteiger partial charge on any atom is 0.315 e. The highest BCUT2D eigenvalue weighted by atomic mass is 16.5. The standard InChI is InChI=1S/C12H16O2/c1-2-5-9-8-12(13)14-11-7-4-3-6-10(9)11/h7H,2-6,8H2,1H3. The molecule has 0 bridgehead atoms. The Morgan fingerprint density at radius 2 is 2.36 bits per heavy atom. The molecule has 0 saturated heterocycles. The van der Waals surface area contributed by atoms with E-state index in [2.05, 4.69) is 13.0 Å². The predicted octanol–water partition coefficient (Wildman–Crippen LogP) is 3.10. The second kappa shape index (κ2) is 3.99. The highest BCUT2D eigenvalue weighted by Gasteiger charge is 2.24. The normalized spacial score (nSPS) is 21.5. The van der Waals surface area contributed by atoms with Gasteiger partial charge in [0.15, 0.2) is 0 Å². The van der Waals surface area contributed by atoms with E-state index in [9.17, 15) is 4.79 Å². The van der Waals surface area contributed by atoms with Crippen molar-refractivity contribution in [2.75, 3.05) is 0 Å². The third kappa shape index (κ3) is 1.74. The average molecular weight is 192 g/mol. The van der Waals surface area contributed by atoms with Crippen LogP contribution in [-0.4, -0.2) is 5.97 Å². The summed E-state index contributed by atoms with van der Waals surface area (Å²) in [6, 6.07) is 0. The van der Waals surface area contributed by atoms with Gasteiger partial charge in [-0.25, -0.2) is 0 Å². The molecule has 0 N–H and O–H groups in total. The van der Waals surface area contributed by atoms with Crippen molar-refractivity contribution in [3.63, 3.8) is 0 Å². The predicted molar refractivity (Wildman–Crippen MR) is 54.6 cm³/mol. The molecule has 2 rings (SSSR count). The molecule has 1 heterocycles. The van der Waals surface area contributed by atoms with Crippen molar-refractivity contribution in [3.8, 4) is 0 Å². The fraction of sp³-hybridized carbons (Fsp3) is 0.583. The van der Waals surface area contributed by atoms with Crippen LogP contribution in [0.3, 0.4) is 0 Å². The average Bonchev–Trinajstić information content (AvgIpc) is 2.18. The Hall–Kier alpha value is -1.05. The molecule has 0 aromatic carbocycles. The Kier molecular flexibility index (Phi) is 2.71. The van der Waals surface area contributed by atoms with E-state index in [1.54, 1.807) is 0 Å². The summed E-state index contributed by atoms with van der Waals surface area (Å²) >= 11 is 0. The summed E-state index contributed by atoms with van der Waals surface area (Å²) in [5.41, 5.74) is 2.63. The molecule has 0 fully saturated rings. The summed E-state index contributed by atoms with van der Waals surface area (Å²) in [5.74, 6) is 0.779. The first kappa shape index (κ1) is 9.50. The van der Waals surface area contributed by atoms with E-state index in [1.807, 2.05) is 0 Å². The van der Waals surface area contributed by atoms with E-state index in [0.717, 1.165) is 31.4 Å². The number of hydrogen-bond acceptors (Lipinski definition) is 2. The lowest BCUT2D eigenvalue weighted by atomic mass is 9.90. The number of hydrogen-bond donors (Lipinski definition) is 0. The molecule has 0 amide bonds. The van der Waals surface area contributed by atoms with Crippen molar-refractivity contribution < 1.29 is 9.53 Å². The van der Waals surface area contributed by atoms with Gasteiger partial charge in [-0.3, -0.25) is 4.79 Å². The number of ether oxygens (including phenoxy) is 1. The van der Waals surface area contributed by atoms with Gasteiger partial charge in [-0.2, -0.15) is 0 Å². The van der Waals surface area contributed by atoms with Gasteiger partial charge in [0.05, 0.1) is 6.42 Å². The van der Waals surface area contributed by atoms with Crippen LogP contribution in [0.25, 0.3) is 0 Å². The van der Waals surface area contributed by atoms with Crippen LogP contribution in [0.2, 0.25) is 0 Å². The van der Waals surface area contributed by atoms with E-state index in [-0.39, 0.29) is 5.97 Å². The van der Waals surface area contributed by atoms with Crippen LogP contribution in [0.5, 0.6) is 0 Å². The molecule has 2 nitrogen and oxygen atoms in total. The number of allylic oxidation sites excluding steroid dienone is 2. The minimum absolute atomic E-state index is 0.0784. The van der Waals surface area contributed by atoms with Crippen LogP contribution < -0.4 is 0 Å². The number of esters is 1. The zero-order valence-electron chi connectivity index (χ0n) is 8.64. The second-order valence-electron chi connectivity index (χ2n) is 3.94. The lowest BCUT2D eigenvalue weighted by Gasteiger charge is -2.25. The lowest BCUT2D eigenvalue weighted by molar-refractivity contribution is -0.139. The largest absolute Gasteiger partial charge is 0.426 e. The van der Waals surface area contributed by atoms with E-state index < -0.39 is 0 Å². The van der Waals surface area contributed by atoms with Gasteiger partial charge >= 0.3 is 5.97 Å². The van der Waals surface area contributed by atoms with Crippen molar-refractivity contribution in [2.24, 2.45) is 0 Å². The first-order valence-electron chi connectivity index (χ1n) is 5.43. The quantitative estimate of drug-likeness (QED) is 0.628. The Morgan fingerprint density at radius 1 is 1.50 bits per heavy atom. The summed E-state index contributed by atoms with van der Waals surface area (Å²) in [7, 11) is 0. The SMILES string of the molecule is CCCC1=C2CCCC=C2OC(=O)C1. The molecule has 0 radical (unpaired) electrons. The van der Waals surface area contributed by atoms with Crippen molar-refractivity contribution in [2.45, 2.75) is 45.4 Å². The number of fused-ring (bicyclic) bond motifs is 1. The van der Waals surface area contributed by atoms with Gasteiger partial charge in [0, 0.05) is 0 Å². The van der Waals surface area contributed by atoms with Gasteiger partial charge in [0.25, 0.3) is 0 Å². The number of rotatable bonds is 2. The fourth-order valence-electron chi connectivity index (χ4n) is 2.19. The zero-order valence-corrected chi connectivity index (χ0v) is 8.64. The molecule has 0 unspecified atom stereocenters. The van der Waals surface area contributed by atoms with Crippen LogP contribution in [-0.2, 0) is 9.53 Å². The first-order valence-corrected chi connectivity index (χ1v) is 5.43. The van der Waals surface area contributed by atoms with Gasteiger partial charge in [-0.05, 0) is 37.3 Å². The van der Waals surface area contributed by atoms with Crippen LogP contribution in [0, 0.1) is 0 Å². The molecule has 76 valence electrons. The minimum atomic E-state index is -0.0784. The van der Waals surface area contributed by atoms with Gasteiger partial charge < -0.3 is 4.74 Å². The zero-order chi connectivity index (χ0) is 9.97. The molecule has 1 aliphatic carbocycles. The number of carbonyl (C=O) groups excluding carboxylic acids is 1. The molecular weight excluding hydrogens is 176 g/mol. The fourth-order valence-corrected chi connectivity index (χ4v) is 2.19. The van der Waals surface area contributed by atoms with Gasteiger partial charge in [-0.1, -0.05) is 18.9 Å². The molecule has 2 aliphatic rings. The molecule has 0 aromatic rings. The molecule has 0 saturated carbocycles. The Balaban J connectivity index is 2.31. The molecule has 0 atom stereocenters. The molecular formula is C12H16O2. The van der Waals surface area contributed by atoms with E-state index >= 15 is 0 Å². The van der Waals surface area contributed by atoms with Gasteiger partial charge in [0.1, 0.15) is 5.76 Å². The smallest absolute Gasteiger partial charge is 0.315 e. The van der Waals surface area contributed by atoms with Crippen molar-refractivity contribution in [1.29, 1.82) is 0 Å². The van der Waals surface area contributed by atoms with Crippen LogP contribution >= 0.6 is 0 Å². The molecule has 2 heteroatoms. The van der Waals surface area contributed by atoms with E-state index in [1.165, 1.54) is 17.6 Å². The molecule has 1 aliphatic heterocycles. The third-order valence-corrected chi connectivity index (χ3v) is 2.82. The molecule has 0 aromatic heterocycles. The van der Waals surface area contributed by atoms with Crippen LogP contribution in [0.4, 0.5) is 0 Å². The maximum atomic E-state index is 11.3. The summed E-state index contributed by atoms with van der Waals surface area (Å²) in [5, 5.41) is 0. The van der Waals surface area contributed by atoms with Gasteiger partial charge in [-0.15, -0.1) is 0 Å². The second-order valence-corrected chi connectivity index (χ2v) is 3.94. The lowest BCUT2D eigenvalue weighted by Crippen LogP contribution is -2.17. The van der Waals surface area contributed by atoms with Crippen LogP contribution in [0.15, 0.2) is 23.0 Å². The Morgan fingerprint density at radius 3 is 3.14 bits per heavy atom. The van der Waals surface area contributed by atoms with E-state index in [4.69, 9.17) is 4.74 Å². The molecule has 0 spiro atoms. The number of carbonyl (C=O) groups is 1. The monoisotopic (exact) mass is 192 g/mol. The third-order valence-electron chi connectivity index (χ3n) is 2.82. The Labute approximate surface area is 84.6 Å². The minimum Gasteiger partial charge on any atom is -0.426 e.